The summed E-state index contributed by atoms with van der Waals surface area (Å²) in [6.07, 6.45) is 2.05. The molecule has 1 unspecified atom stereocenters. The standard InChI is InChI=1S/C10H11Br2NOS/c11-8-2-1-4-13(10(8)14)6-7-3-5-15-9(7)12/h3,5,8H,1-2,4,6H2. The van der Waals surface area contributed by atoms with E-state index in [2.05, 4.69) is 37.9 Å². The van der Waals surface area contributed by atoms with Gasteiger partial charge >= 0.3 is 0 Å². The topological polar surface area (TPSA) is 20.3 Å². The number of hydrogen-bond donors (Lipinski definition) is 0. The number of thiophene rings is 1. The number of alkyl halides is 1. The van der Waals surface area contributed by atoms with Crippen molar-refractivity contribution in [3.05, 3.63) is 20.8 Å². The van der Waals surface area contributed by atoms with Crippen LogP contribution in [0.4, 0.5) is 0 Å². The highest BCUT2D eigenvalue weighted by molar-refractivity contribution is 9.11. The second kappa shape index (κ2) is 4.97. The maximum absolute atomic E-state index is 11.8. The third-order valence-corrected chi connectivity index (χ3v) is 5.18. The van der Waals surface area contributed by atoms with Crippen LogP contribution in [-0.2, 0) is 11.3 Å². The normalized spacial score (nSPS) is 22.1. The molecular formula is C10H11Br2NOS. The fourth-order valence-electron chi connectivity index (χ4n) is 1.69. The molecule has 0 radical (unpaired) electrons. The first kappa shape index (κ1) is 11.6. The van der Waals surface area contributed by atoms with Crippen molar-refractivity contribution >= 4 is 49.1 Å². The van der Waals surface area contributed by atoms with Crippen molar-refractivity contribution in [3.8, 4) is 0 Å². The summed E-state index contributed by atoms with van der Waals surface area (Å²) in [5.74, 6) is 0.222. The van der Waals surface area contributed by atoms with Crippen LogP contribution in [0.25, 0.3) is 0 Å². The minimum atomic E-state index is 0.0173. The number of carbonyl (C=O) groups excluding carboxylic acids is 1. The lowest BCUT2D eigenvalue weighted by atomic mass is 10.1. The summed E-state index contributed by atoms with van der Waals surface area (Å²) in [7, 11) is 0. The Labute approximate surface area is 110 Å². The number of piperidine rings is 1. The molecule has 1 fully saturated rings. The van der Waals surface area contributed by atoms with Gasteiger partial charge in [-0.15, -0.1) is 11.3 Å². The molecule has 1 amide bonds. The van der Waals surface area contributed by atoms with Gasteiger partial charge in [-0.25, -0.2) is 0 Å². The summed E-state index contributed by atoms with van der Waals surface area (Å²) in [5.41, 5.74) is 1.20. The molecule has 0 aromatic carbocycles. The van der Waals surface area contributed by atoms with Gasteiger partial charge in [0.15, 0.2) is 0 Å². The van der Waals surface area contributed by atoms with Crippen LogP contribution in [0, 0.1) is 0 Å². The number of likely N-dealkylation sites (tertiary alicyclic amines) is 1. The number of rotatable bonds is 2. The Hall–Kier alpha value is 0.130. The van der Waals surface area contributed by atoms with Gasteiger partial charge in [0.1, 0.15) is 0 Å². The van der Waals surface area contributed by atoms with E-state index in [0.29, 0.717) is 0 Å². The molecule has 1 aliphatic rings. The van der Waals surface area contributed by atoms with Gasteiger partial charge in [-0.2, -0.15) is 0 Å². The Bertz CT molecular complexity index is 366. The van der Waals surface area contributed by atoms with Gasteiger partial charge in [0.2, 0.25) is 5.91 Å². The molecule has 15 heavy (non-hydrogen) atoms. The largest absolute Gasteiger partial charge is 0.337 e. The van der Waals surface area contributed by atoms with Crippen molar-refractivity contribution < 1.29 is 4.79 Å². The number of carbonyl (C=O) groups is 1. The molecule has 1 saturated heterocycles. The molecule has 1 aliphatic heterocycles. The fourth-order valence-corrected chi connectivity index (χ4v) is 3.52. The molecule has 0 aliphatic carbocycles. The molecule has 0 saturated carbocycles. The molecular weight excluding hydrogens is 342 g/mol. The predicted molar refractivity (Wildman–Crippen MR) is 69.4 cm³/mol. The Kier molecular flexibility index (Phi) is 3.85. The minimum absolute atomic E-state index is 0.0173. The predicted octanol–water partition coefficient (Wildman–Crippen LogP) is 3.40. The van der Waals surface area contributed by atoms with Crippen molar-refractivity contribution in [2.45, 2.75) is 24.2 Å². The molecule has 82 valence electrons. The summed E-state index contributed by atoms with van der Waals surface area (Å²) < 4.78 is 1.13. The molecule has 2 rings (SSSR count). The average Bonchev–Trinajstić information content (AvgIpc) is 2.60. The molecule has 2 nitrogen and oxygen atoms in total. The molecule has 2 heterocycles. The van der Waals surface area contributed by atoms with E-state index >= 15 is 0 Å². The molecule has 0 bridgehead atoms. The molecule has 5 heteroatoms. The van der Waals surface area contributed by atoms with E-state index in [1.54, 1.807) is 11.3 Å². The average molecular weight is 353 g/mol. The Morgan fingerprint density at radius 3 is 3.07 bits per heavy atom. The summed E-state index contributed by atoms with van der Waals surface area (Å²) in [6, 6.07) is 2.07. The van der Waals surface area contributed by atoms with Crippen molar-refractivity contribution in [1.82, 2.24) is 4.90 Å². The van der Waals surface area contributed by atoms with Gasteiger partial charge in [0, 0.05) is 13.1 Å². The Morgan fingerprint density at radius 1 is 1.60 bits per heavy atom. The highest BCUT2D eigenvalue weighted by Gasteiger charge is 2.26. The van der Waals surface area contributed by atoms with Crippen molar-refractivity contribution in [3.63, 3.8) is 0 Å². The zero-order valence-corrected chi connectivity index (χ0v) is 12.1. The lowest BCUT2D eigenvalue weighted by Gasteiger charge is -2.29. The molecule has 1 atom stereocenters. The van der Waals surface area contributed by atoms with Gasteiger partial charge in [0.05, 0.1) is 8.61 Å². The lowest BCUT2D eigenvalue weighted by molar-refractivity contribution is -0.133. The quantitative estimate of drug-likeness (QED) is 0.747. The van der Waals surface area contributed by atoms with Gasteiger partial charge in [-0.05, 0) is 45.8 Å². The van der Waals surface area contributed by atoms with E-state index in [-0.39, 0.29) is 10.7 Å². The van der Waals surface area contributed by atoms with Crippen molar-refractivity contribution in [2.24, 2.45) is 0 Å². The molecule has 1 aromatic heterocycles. The number of amides is 1. The summed E-state index contributed by atoms with van der Waals surface area (Å²) in [4.78, 5) is 13.8. The first-order valence-corrected chi connectivity index (χ1v) is 7.42. The second-order valence-corrected chi connectivity index (χ2v) is 6.93. The van der Waals surface area contributed by atoms with Gasteiger partial charge in [-0.3, -0.25) is 4.79 Å². The number of halogens is 2. The third kappa shape index (κ3) is 2.63. The monoisotopic (exact) mass is 351 g/mol. The zero-order valence-electron chi connectivity index (χ0n) is 8.08. The number of nitrogens with zero attached hydrogens (tertiary/aromatic N) is 1. The number of hydrogen-bond acceptors (Lipinski definition) is 2. The lowest BCUT2D eigenvalue weighted by Crippen LogP contribution is -2.41. The fraction of sp³-hybridized carbons (Fsp3) is 0.500. The maximum atomic E-state index is 11.8. The summed E-state index contributed by atoms with van der Waals surface area (Å²) in [5, 5.41) is 2.04. The van der Waals surface area contributed by atoms with Crippen LogP contribution in [0.1, 0.15) is 18.4 Å². The SMILES string of the molecule is O=C1C(Br)CCCN1Cc1ccsc1Br. The first-order valence-electron chi connectivity index (χ1n) is 4.83. The van der Waals surface area contributed by atoms with Crippen molar-refractivity contribution in [1.29, 1.82) is 0 Å². The summed E-state index contributed by atoms with van der Waals surface area (Å²) in [6.45, 7) is 1.61. The van der Waals surface area contributed by atoms with E-state index in [9.17, 15) is 4.79 Å². The van der Waals surface area contributed by atoms with Crippen LogP contribution in [-0.4, -0.2) is 22.2 Å². The van der Waals surface area contributed by atoms with Crippen LogP contribution in [0.5, 0.6) is 0 Å². The van der Waals surface area contributed by atoms with Crippen LogP contribution >= 0.6 is 43.2 Å². The molecule has 1 aromatic rings. The van der Waals surface area contributed by atoms with E-state index in [1.165, 1.54) is 5.56 Å². The zero-order chi connectivity index (χ0) is 10.8. The first-order chi connectivity index (χ1) is 7.18. The summed E-state index contributed by atoms with van der Waals surface area (Å²) >= 11 is 8.58. The Morgan fingerprint density at radius 2 is 2.40 bits per heavy atom. The van der Waals surface area contributed by atoms with Crippen LogP contribution in [0.15, 0.2) is 15.2 Å². The van der Waals surface area contributed by atoms with Gasteiger partial charge in [0.25, 0.3) is 0 Å². The van der Waals surface area contributed by atoms with E-state index < -0.39 is 0 Å². The molecule has 0 N–H and O–H groups in total. The van der Waals surface area contributed by atoms with Crippen molar-refractivity contribution in [2.75, 3.05) is 6.54 Å². The smallest absolute Gasteiger partial charge is 0.236 e. The highest BCUT2D eigenvalue weighted by atomic mass is 79.9. The maximum Gasteiger partial charge on any atom is 0.236 e. The van der Waals surface area contributed by atoms with E-state index in [0.717, 1.165) is 29.7 Å². The van der Waals surface area contributed by atoms with Crippen LogP contribution < -0.4 is 0 Å². The highest BCUT2D eigenvalue weighted by Crippen LogP contribution is 2.27. The van der Waals surface area contributed by atoms with Gasteiger partial charge in [-0.1, -0.05) is 15.9 Å². The van der Waals surface area contributed by atoms with Crippen LogP contribution in [0.3, 0.4) is 0 Å². The second-order valence-electron chi connectivity index (χ2n) is 3.59. The van der Waals surface area contributed by atoms with Crippen LogP contribution in [0.2, 0.25) is 0 Å². The Balaban J connectivity index is 2.05. The van der Waals surface area contributed by atoms with E-state index in [4.69, 9.17) is 0 Å². The van der Waals surface area contributed by atoms with Gasteiger partial charge < -0.3 is 4.90 Å². The third-order valence-electron chi connectivity index (χ3n) is 2.52. The van der Waals surface area contributed by atoms with E-state index in [1.807, 2.05) is 10.3 Å². The minimum Gasteiger partial charge on any atom is -0.337 e. The molecule has 0 spiro atoms.